The molecule has 1 aromatic carbocycles. The Kier molecular flexibility index (Phi) is 3.02. The van der Waals surface area contributed by atoms with Crippen LogP contribution in [0.1, 0.15) is 41.4 Å². The number of carbonyl (C=O) groups excluding carboxylic acids is 4. The average molecular weight is 275 g/mol. The van der Waals surface area contributed by atoms with Gasteiger partial charge in [-0.3, -0.25) is 24.1 Å². The Morgan fingerprint density at radius 1 is 0.900 bits per heavy atom. The van der Waals surface area contributed by atoms with E-state index >= 15 is 0 Å². The molecule has 1 heterocycles. The highest BCUT2D eigenvalue weighted by molar-refractivity contribution is 6.23. The molecule has 0 bridgehead atoms. The highest BCUT2D eigenvalue weighted by Gasteiger charge is 2.35. The van der Waals surface area contributed by atoms with Crippen LogP contribution in [-0.4, -0.2) is 35.6 Å². The summed E-state index contributed by atoms with van der Waals surface area (Å²) in [4.78, 5) is 67.5. The van der Waals surface area contributed by atoms with Gasteiger partial charge in [-0.15, -0.1) is 9.81 Å². The minimum Gasteiger partial charge on any atom is -0.277 e. The normalized spacial score (nSPS) is 13.2. The van der Waals surface area contributed by atoms with Gasteiger partial charge in [0.25, 0.3) is 11.8 Å². The van der Waals surface area contributed by atoms with Gasteiger partial charge in [-0.1, -0.05) is 0 Å². The van der Waals surface area contributed by atoms with Crippen LogP contribution in [0.25, 0.3) is 0 Å². The van der Waals surface area contributed by atoms with Crippen LogP contribution in [0.4, 0.5) is 0 Å². The van der Waals surface area contributed by atoms with Gasteiger partial charge in [0.05, 0.1) is 22.3 Å². The van der Waals surface area contributed by atoms with E-state index in [1.807, 2.05) is 0 Å². The zero-order chi connectivity index (χ0) is 15.0. The first-order valence-corrected chi connectivity index (χ1v) is 5.18. The SMILES string of the molecule is CN1C(=O)c2cc(C(=O)N=O)c(C(=O)N=O)cc2C1=O. The molecular weight excluding hydrogens is 270 g/mol. The summed E-state index contributed by atoms with van der Waals surface area (Å²) >= 11 is 0. The molecule has 4 amide bonds. The van der Waals surface area contributed by atoms with Crippen LogP contribution < -0.4 is 0 Å². The molecule has 0 N–H and O–H groups in total. The molecule has 20 heavy (non-hydrogen) atoms. The van der Waals surface area contributed by atoms with Gasteiger partial charge in [-0.2, -0.15) is 0 Å². The van der Waals surface area contributed by atoms with E-state index in [0.717, 1.165) is 17.0 Å². The molecule has 0 fully saturated rings. The number of benzene rings is 1. The summed E-state index contributed by atoms with van der Waals surface area (Å²) in [7, 11) is 1.21. The number of hydrogen-bond acceptors (Lipinski definition) is 6. The number of imide groups is 1. The summed E-state index contributed by atoms with van der Waals surface area (Å²) in [5, 5.41) is 4.26. The molecule has 0 aromatic heterocycles. The number of carbonyl (C=O) groups is 4. The molecule has 1 aromatic rings. The summed E-state index contributed by atoms with van der Waals surface area (Å²) in [5.74, 6) is -4.06. The third-order valence-electron chi connectivity index (χ3n) is 2.85. The van der Waals surface area contributed by atoms with Crippen LogP contribution in [-0.2, 0) is 0 Å². The largest absolute Gasteiger partial charge is 0.317 e. The maximum Gasteiger partial charge on any atom is 0.317 e. The number of fused-ring (bicyclic) bond motifs is 1. The molecule has 0 radical (unpaired) electrons. The Balaban J connectivity index is 2.77. The fraction of sp³-hybridized carbons (Fsp3) is 0.0909. The Hall–Kier alpha value is -3.10. The van der Waals surface area contributed by atoms with E-state index in [-0.39, 0.29) is 11.1 Å². The number of amides is 4. The van der Waals surface area contributed by atoms with Crippen molar-refractivity contribution in [3.63, 3.8) is 0 Å². The van der Waals surface area contributed by atoms with Crippen LogP contribution >= 0.6 is 0 Å². The molecule has 0 aliphatic carbocycles. The second-order valence-electron chi connectivity index (χ2n) is 3.91. The average Bonchev–Trinajstić information content (AvgIpc) is 2.68. The van der Waals surface area contributed by atoms with Gasteiger partial charge in [-0.25, -0.2) is 0 Å². The maximum absolute atomic E-state index is 11.7. The van der Waals surface area contributed by atoms with E-state index in [9.17, 15) is 29.0 Å². The molecule has 0 atom stereocenters. The molecule has 9 heteroatoms. The number of nitroso groups, excluding NO2 is 2. The summed E-state index contributed by atoms with van der Waals surface area (Å²) < 4.78 is 0. The van der Waals surface area contributed by atoms with Crippen molar-refractivity contribution >= 4 is 23.6 Å². The number of nitrogens with zero attached hydrogens (tertiary/aromatic N) is 3. The minimum atomic E-state index is -1.34. The Morgan fingerprint density at radius 3 is 1.55 bits per heavy atom. The lowest BCUT2D eigenvalue weighted by Crippen LogP contribution is -2.24. The van der Waals surface area contributed by atoms with Gasteiger partial charge in [-0.05, 0) is 12.1 Å². The van der Waals surface area contributed by atoms with Gasteiger partial charge in [0.15, 0.2) is 0 Å². The van der Waals surface area contributed by atoms with Crippen LogP contribution in [0.5, 0.6) is 0 Å². The molecule has 0 saturated heterocycles. The molecule has 0 spiro atoms. The first-order valence-electron chi connectivity index (χ1n) is 5.18. The van der Waals surface area contributed by atoms with Crippen molar-refractivity contribution in [2.45, 2.75) is 0 Å². The maximum atomic E-state index is 11.7. The smallest absolute Gasteiger partial charge is 0.277 e. The third-order valence-corrected chi connectivity index (χ3v) is 2.85. The van der Waals surface area contributed by atoms with E-state index < -0.39 is 34.8 Å². The van der Waals surface area contributed by atoms with Crippen molar-refractivity contribution in [1.29, 1.82) is 0 Å². The van der Waals surface area contributed by atoms with E-state index in [0.29, 0.717) is 0 Å². The molecule has 1 aliphatic rings. The van der Waals surface area contributed by atoms with Crippen LogP contribution in [0.15, 0.2) is 22.5 Å². The van der Waals surface area contributed by atoms with E-state index in [1.165, 1.54) is 7.05 Å². The lowest BCUT2D eigenvalue weighted by Gasteiger charge is -2.02. The molecule has 2 rings (SSSR count). The van der Waals surface area contributed by atoms with Crippen molar-refractivity contribution in [3.8, 4) is 0 Å². The fourth-order valence-electron chi connectivity index (χ4n) is 1.86. The van der Waals surface area contributed by atoms with Gasteiger partial charge in [0.1, 0.15) is 0 Å². The molecule has 1 aliphatic heterocycles. The lowest BCUT2D eigenvalue weighted by molar-refractivity contribution is 0.0692. The number of hydrogen-bond donors (Lipinski definition) is 0. The van der Waals surface area contributed by atoms with Crippen molar-refractivity contribution in [3.05, 3.63) is 44.2 Å². The first kappa shape index (κ1) is 13.3. The van der Waals surface area contributed by atoms with E-state index in [1.54, 1.807) is 0 Å². The quantitative estimate of drug-likeness (QED) is 0.577. The summed E-state index contributed by atoms with van der Waals surface area (Å²) in [6, 6.07) is 1.78. The summed E-state index contributed by atoms with van der Waals surface area (Å²) in [5.41, 5.74) is -1.38. The van der Waals surface area contributed by atoms with Gasteiger partial charge >= 0.3 is 11.8 Å². The van der Waals surface area contributed by atoms with Gasteiger partial charge < -0.3 is 0 Å². The third kappa shape index (κ3) is 1.72. The highest BCUT2D eigenvalue weighted by Crippen LogP contribution is 2.26. The van der Waals surface area contributed by atoms with Crippen molar-refractivity contribution < 1.29 is 19.2 Å². The van der Waals surface area contributed by atoms with Crippen LogP contribution in [0.2, 0.25) is 0 Å². The van der Waals surface area contributed by atoms with Crippen LogP contribution in [0.3, 0.4) is 0 Å². The molecule has 0 saturated carbocycles. The first-order chi connectivity index (χ1) is 9.42. The summed E-state index contributed by atoms with van der Waals surface area (Å²) in [6.45, 7) is 0. The Bertz CT molecular complexity index is 649. The predicted octanol–water partition coefficient (Wildman–Crippen LogP) is 0.726. The second-order valence-corrected chi connectivity index (χ2v) is 3.91. The standard InChI is InChI=1S/C11H5N3O6/c1-14-10(17)6-2-4(8(15)12-19)5(9(16)13-20)3-7(6)11(14)18/h2-3H,1H3. The monoisotopic (exact) mass is 275 g/mol. The number of rotatable bonds is 2. The molecular formula is C11H5N3O6. The fourth-order valence-corrected chi connectivity index (χ4v) is 1.86. The Morgan fingerprint density at radius 2 is 1.25 bits per heavy atom. The zero-order valence-electron chi connectivity index (χ0n) is 9.95. The summed E-state index contributed by atoms with van der Waals surface area (Å²) in [6.07, 6.45) is 0. The highest BCUT2D eigenvalue weighted by atomic mass is 16.3. The topological polar surface area (TPSA) is 130 Å². The van der Waals surface area contributed by atoms with Crippen molar-refractivity contribution in [1.82, 2.24) is 4.90 Å². The molecule has 9 nitrogen and oxygen atoms in total. The van der Waals surface area contributed by atoms with Crippen molar-refractivity contribution in [2.75, 3.05) is 7.05 Å². The van der Waals surface area contributed by atoms with Gasteiger partial charge in [0.2, 0.25) is 0 Å². The van der Waals surface area contributed by atoms with Gasteiger partial charge in [0, 0.05) is 17.4 Å². The van der Waals surface area contributed by atoms with E-state index in [2.05, 4.69) is 10.4 Å². The second kappa shape index (κ2) is 4.53. The van der Waals surface area contributed by atoms with Crippen molar-refractivity contribution in [2.24, 2.45) is 10.4 Å². The molecule has 100 valence electrons. The lowest BCUT2D eigenvalue weighted by atomic mass is 9.98. The van der Waals surface area contributed by atoms with E-state index in [4.69, 9.17) is 0 Å². The Labute approximate surface area is 110 Å². The predicted molar refractivity (Wildman–Crippen MR) is 63.1 cm³/mol. The molecule has 0 unspecified atom stereocenters. The van der Waals surface area contributed by atoms with Crippen LogP contribution in [0, 0.1) is 9.81 Å². The zero-order valence-corrected chi connectivity index (χ0v) is 9.95. The minimum absolute atomic E-state index is 0.146.